The summed E-state index contributed by atoms with van der Waals surface area (Å²) in [6.45, 7) is 8.50. The molecular formula is C9H16O5. The largest absolute Gasteiger partial charge is 0.487 e. The topological polar surface area (TPSA) is 54.0 Å². The number of hydrogen-bond donors (Lipinski definition) is 0. The third-order valence-electron chi connectivity index (χ3n) is 1.20. The molecule has 0 N–H and O–H groups in total. The van der Waals surface area contributed by atoms with Crippen molar-refractivity contribution >= 4 is 5.97 Å². The zero-order valence-corrected chi connectivity index (χ0v) is 8.58. The van der Waals surface area contributed by atoms with Gasteiger partial charge >= 0.3 is 5.97 Å². The van der Waals surface area contributed by atoms with E-state index in [2.05, 4.69) is 16.4 Å². The van der Waals surface area contributed by atoms with Crippen LogP contribution in [0.15, 0.2) is 12.3 Å². The van der Waals surface area contributed by atoms with Gasteiger partial charge in [0.15, 0.2) is 5.76 Å². The summed E-state index contributed by atoms with van der Waals surface area (Å²) >= 11 is 0. The highest BCUT2D eigenvalue weighted by atomic mass is 17.2. The van der Waals surface area contributed by atoms with Crippen molar-refractivity contribution in [2.24, 2.45) is 0 Å². The first-order chi connectivity index (χ1) is 6.72. The smallest absolute Gasteiger partial charge is 0.406 e. The average molecular weight is 204 g/mol. The molecule has 0 bridgehead atoms. The van der Waals surface area contributed by atoms with E-state index in [1.807, 2.05) is 6.92 Å². The van der Waals surface area contributed by atoms with Crippen molar-refractivity contribution in [2.45, 2.75) is 13.8 Å². The number of carbonyl (C=O) groups is 1. The minimum Gasteiger partial charge on any atom is -0.487 e. The van der Waals surface area contributed by atoms with Gasteiger partial charge < -0.3 is 9.47 Å². The Morgan fingerprint density at radius 3 is 2.50 bits per heavy atom. The van der Waals surface area contributed by atoms with Gasteiger partial charge in [-0.05, 0) is 20.4 Å². The minimum atomic E-state index is -0.719. The van der Waals surface area contributed by atoms with E-state index >= 15 is 0 Å². The van der Waals surface area contributed by atoms with Crippen molar-refractivity contribution in [3.8, 4) is 0 Å². The molecule has 0 aromatic carbocycles. The molecule has 5 nitrogen and oxygen atoms in total. The van der Waals surface area contributed by atoms with Crippen molar-refractivity contribution in [1.82, 2.24) is 0 Å². The van der Waals surface area contributed by atoms with Gasteiger partial charge in [0.1, 0.15) is 6.61 Å². The lowest BCUT2D eigenvalue weighted by Crippen LogP contribution is -2.12. The van der Waals surface area contributed by atoms with Gasteiger partial charge in [0.25, 0.3) is 0 Å². The molecule has 0 aromatic heterocycles. The van der Waals surface area contributed by atoms with E-state index in [0.717, 1.165) is 0 Å². The molecule has 0 heterocycles. The first kappa shape index (κ1) is 12.9. The molecule has 0 aliphatic rings. The van der Waals surface area contributed by atoms with E-state index in [9.17, 15) is 4.79 Å². The van der Waals surface area contributed by atoms with Crippen molar-refractivity contribution in [3.63, 3.8) is 0 Å². The zero-order chi connectivity index (χ0) is 10.8. The van der Waals surface area contributed by atoms with Crippen LogP contribution in [-0.4, -0.2) is 32.4 Å². The van der Waals surface area contributed by atoms with E-state index < -0.39 is 5.97 Å². The molecular weight excluding hydrogens is 188 g/mol. The molecule has 0 aromatic rings. The first-order valence-corrected chi connectivity index (χ1v) is 4.45. The predicted molar refractivity (Wildman–Crippen MR) is 49.3 cm³/mol. The highest BCUT2D eigenvalue weighted by Crippen LogP contribution is 1.97. The molecule has 0 atom stereocenters. The lowest BCUT2D eigenvalue weighted by atomic mass is 10.6. The highest BCUT2D eigenvalue weighted by molar-refractivity contribution is 5.84. The maximum atomic E-state index is 11.0. The molecule has 0 fully saturated rings. The summed E-state index contributed by atoms with van der Waals surface area (Å²) in [5, 5.41) is 0. The molecule has 0 saturated carbocycles. The van der Waals surface area contributed by atoms with Gasteiger partial charge in [-0.25, -0.2) is 4.79 Å². The standard InChI is InChI=1S/C9H16O5/c1-4-11-6-7-13-14-9(10)8(3)12-5-2/h3-7H2,1-2H3. The Kier molecular flexibility index (Phi) is 7.87. The second kappa shape index (κ2) is 8.52. The second-order valence-corrected chi connectivity index (χ2v) is 2.25. The summed E-state index contributed by atoms with van der Waals surface area (Å²) in [5.74, 6) is -0.785. The monoisotopic (exact) mass is 204 g/mol. The van der Waals surface area contributed by atoms with E-state index in [4.69, 9.17) is 9.47 Å². The number of ether oxygens (including phenoxy) is 2. The van der Waals surface area contributed by atoms with Gasteiger partial charge in [0.05, 0.1) is 13.2 Å². The van der Waals surface area contributed by atoms with Crippen LogP contribution in [0.3, 0.4) is 0 Å². The van der Waals surface area contributed by atoms with Crippen molar-refractivity contribution in [3.05, 3.63) is 12.3 Å². The normalized spacial score (nSPS) is 9.57. The quantitative estimate of drug-likeness (QED) is 0.194. The number of rotatable bonds is 8. The summed E-state index contributed by atoms with van der Waals surface area (Å²) in [7, 11) is 0. The van der Waals surface area contributed by atoms with E-state index in [0.29, 0.717) is 19.8 Å². The first-order valence-electron chi connectivity index (χ1n) is 4.45. The van der Waals surface area contributed by atoms with E-state index in [1.54, 1.807) is 6.92 Å². The fourth-order valence-corrected chi connectivity index (χ4v) is 0.612. The third kappa shape index (κ3) is 6.45. The van der Waals surface area contributed by atoms with E-state index in [-0.39, 0.29) is 12.4 Å². The van der Waals surface area contributed by atoms with Crippen LogP contribution in [0, 0.1) is 0 Å². The summed E-state index contributed by atoms with van der Waals surface area (Å²) in [4.78, 5) is 19.9. The molecule has 0 saturated heterocycles. The highest BCUT2D eigenvalue weighted by Gasteiger charge is 2.09. The minimum absolute atomic E-state index is 0.0658. The Bertz CT molecular complexity index is 178. The van der Waals surface area contributed by atoms with Gasteiger partial charge in [-0.2, -0.15) is 4.89 Å². The van der Waals surface area contributed by atoms with Crippen molar-refractivity contribution < 1.29 is 24.0 Å². The van der Waals surface area contributed by atoms with E-state index in [1.165, 1.54) is 0 Å². The predicted octanol–water partition coefficient (Wildman–Crippen LogP) is 1.05. The van der Waals surface area contributed by atoms with Gasteiger partial charge in [-0.3, -0.25) is 4.89 Å². The molecule has 0 amide bonds. The van der Waals surface area contributed by atoms with Crippen LogP contribution in [-0.2, 0) is 24.0 Å². The number of carbonyl (C=O) groups excluding carboxylic acids is 1. The maximum absolute atomic E-state index is 11.0. The Morgan fingerprint density at radius 2 is 1.93 bits per heavy atom. The zero-order valence-electron chi connectivity index (χ0n) is 8.58. The molecule has 0 aliphatic carbocycles. The van der Waals surface area contributed by atoms with Crippen LogP contribution in [0.5, 0.6) is 0 Å². The summed E-state index contributed by atoms with van der Waals surface area (Å²) in [6, 6.07) is 0. The van der Waals surface area contributed by atoms with Gasteiger partial charge in [0.2, 0.25) is 0 Å². The summed E-state index contributed by atoms with van der Waals surface area (Å²) in [5.41, 5.74) is 0. The Morgan fingerprint density at radius 1 is 1.21 bits per heavy atom. The Labute approximate surface area is 83.5 Å². The lowest BCUT2D eigenvalue weighted by molar-refractivity contribution is -0.274. The van der Waals surface area contributed by atoms with Crippen LogP contribution >= 0.6 is 0 Å². The molecule has 0 aliphatic heterocycles. The second-order valence-electron chi connectivity index (χ2n) is 2.25. The van der Waals surface area contributed by atoms with Crippen molar-refractivity contribution in [1.29, 1.82) is 0 Å². The molecule has 82 valence electrons. The van der Waals surface area contributed by atoms with Crippen LogP contribution in [0.25, 0.3) is 0 Å². The average Bonchev–Trinajstić information content (AvgIpc) is 2.17. The lowest BCUT2D eigenvalue weighted by Gasteiger charge is -2.05. The molecule has 5 heteroatoms. The Balaban J connectivity index is 3.39. The maximum Gasteiger partial charge on any atom is 0.406 e. The molecule has 0 radical (unpaired) electrons. The van der Waals surface area contributed by atoms with Crippen LogP contribution < -0.4 is 0 Å². The Hall–Kier alpha value is -1.07. The number of hydrogen-bond acceptors (Lipinski definition) is 5. The van der Waals surface area contributed by atoms with Crippen LogP contribution in [0.2, 0.25) is 0 Å². The SMILES string of the molecule is C=C(OCC)C(=O)OOCCOCC. The molecule has 0 unspecified atom stereocenters. The molecule has 14 heavy (non-hydrogen) atoms. The van der Waals surface area contributed by atoms with Crippen LogP contribution in [0.1, 0.15) is 13.8 Å². The van der Waals surface area contributed by atoms with Gasteiger partial charge in [-0.1, -0.05) is 0 Å². The van der Waals surface area contributed by atoms with Crippen molar-refractivity contribution in [2.75, 3.05) is 26.4 Å². The fraction of sp³-hybridized carbons (Fsp3) is 0.667. The molecule has 0 rings (SSSR count). The third-order valence-corrected chi connectivity index (χ3v) is 1.20. The van der Waals surface area contributed by atoms with Crippen LogP contribution in [0.4, 0.5) is 0 Å². The summed E-state index contributed by atoms with van der Waals surface area (Å²) < 4.78 is 9.75. The summed E-state index contributed by atoms with van der Waals surface area (Å²) in [6.07, 6.45) is 0. The van der Waals surface area contributed by atoms with Gasteiger partial charge in [0, 0.05) is 6.61 Å². The van der Waals surface area contributed by atoms with Gasteiger partial charge in [-0.15, -0.1) is 0 Å². The fourth-order valence-electron chi connectivity index (χ4n) is 0.612. The molecule has 0 spiro atoms.